The molecule has 2 aliphatic rings. The van der Waals surface area contributed by atoms with Gasteiger partial charge >= 0.3 is 0 Å². The Kier molecular flexibility index (Phi) is 1.83. The number of nitrogens with zero attached hydrogens (tertiary/aromatic N) is 1. The number of amides is 1. The van der Waals surface area contributed by atoms with Crippen molar-refractivity contribution in [3.63, 3.8) is 0 Å². The lowest BCUT2D eigenvalue weighted by Crippen LogP contribution is -2.48. The Morgan fingerprint density at radius 2 is 2.33 bits per heavy atom. The average Bonchev–Trinajstić information content (AvgIpc) is 2.27. The number of likely N-dealkylation sites (N-methyl/N-ethyl adjacent to an activating group) is 1. The fraction of sp³-hybridized carbons (Fsp3) is 0.889. The van der Waals surface area contributed by atoms with Gasteiger partial charge in [-0.15, -0.1) is 0 Å². The lowest BCUT2D eigenvalue weighted by Gasteiger charge is -2.33. The van der Waals surface area contributed by atoms with Crippen LogP contribution in [0.3, 0.4) is 0 Å². The van der Waals surface area contributed by atoms with E-state index in [9.17, 15) is 4.79 Å². The highest BCUT2D eigenvalue weighted by molar-refractivity contribution is 5.76. The Hall–Kier alpha value is -0.570. The summed E-state index contributed by atoms with van der Waals surface area (Å²) >= 11 is 0. The molecule has 0 spiro atoms. The molecule has 0 bridgehead atoms. The molecule has 0 saturated carbocycles. The van der Waals surface area contributed by atoms with Crippen molar-refractivity contribution in [2.75, 3.05) is 26.7 Å². The van der Waals surface area contributed by atoms with Gasteiger partial charge in [-0.2, -0.15) is 0 Å². The molecule has 0 aromatic carbocycles. The first-order chi connectivity index (χ1) is 5.71. The van der Waals surface area contributed by atoms with Gasteiger partial charge in [0.25, 0.3) is 0 Å². The lowest BCUT2D eigenvalue weighted by atomic mass is 10.1. The molecule has 2 saturated heterocycles. The fourth-order valence-corrected chi connectivity index (χ4v) is 2.54. The molecular weight excluding hydrogens is 152 g/mol. The summed E-state index contributed by atoms with van der Waals surface area (Å²) in [5.74, 6) is 0.253. The summed E-state index contributed by atoms with van der Waals surface area (Å²) in [6.45, 7) is 3.25. The largest absolute Gasteiger partial charge is 0.350 e. The maximum atomic E-state index is 11.2. The topological polar surface area (TPSA) is 29.1 Å². The van der Waals surface area contributed by atoms with Crippen LogP contribution in [0.15, 0.2) is 0 Å². The zero-order valence-corrected chi connectivity index (χ0v) is 7.68. The summed E-state index contributed by atoms with van der Waals surface area (Å²) in [6, 6.07) is 0.604. The van der Waals surface area contributed by atoms with Crippen LogP contribution in [0, 0.1) is 0 Å². The maximum absolute atomic E-state index is 11.2. The van der Waals surface area contributed by atoms with E-state index in [-0.39, 0.29) is 5.91 Å². The Balaban J connectivity index is 2.15. The summed E-state index contributed by atoms with van der Waals surface area (Å²) in [7, 11) is 2.29. The highest BCUT2D eigenvalue weighted by Crippen LogP contribution is 2.27. The van der Waals surface area contributed by atoms with Gasteiger partial charge in [-0.25, -0.2) is 0 Å². The third-order valence-electron chi connectivity index (χ3n) is 3.45. The van der Waals surface area contributed by atoms with Crippen molar-refractivity contribution in [3.05, 3.63) is 0 Å². The Labute approximate surface area is 73.3 Å². The number of quaternary nitrogens is 1. The van der Waals surface area contributed by atoms with Crippen LogP contribution in [-0.4, -0.2) is 43.1 Å². The molecule has 2 fully saturated rings. The van der Waals surface area contributed by atoms with Crippen LogP contribution in [0.4, 0.5) is 0 Å². The smallest absolute Gasteiger partial charge is 0.226 e. The van der Waals surface area contributed by atoms with Gasteiger partial charge in [0.05, 0.1) is 39.1 Å². The molecule has 1 amide bonds. The molecule has 2 atom stereocenters. The second-order valence-corrected chi connectivity index (χ2v) is 4.28. The third-order valence-corrected chi connectivity index (χ3v) is 3.45. The predicted molar refractivity (Wildman–Crippen MR) is 46.6 cm³/mol. The molecule has 0 aromatic rings. The minimum Gasteiger partial charge on any atom is -0.350 e. The number of carbonyl (C=O) groups excluding carboxylic acids is 1. The summed E-state index contributed by atoms with van der Waals surface area (Å²) < 4.78 is 1.12. The van der Waals surface area contributed by atoms with Gasteiger partial charge in [0.2, 0.25) is 5.91 Å². The Morgan fingerprint density at radius 1 is 1.50 bits per heavy atom. The normalized spacial score (nSPS) is 41.8. The van der Waals surface area contributed by atoms with Gasteiger partial charge in [-0.05, 0) is 0 Å². The molecule has 0 unspecified atom stereocenters. The van der Waals surface area contributed by atoms with E-state index in [2.05, 4.69) is 12.4 Å². The summed E-state index contributed by atoms with van der Waals surface area (Å²) in [5.41, 5.74) is 0. The predicted octanol–water partition coefficient (Wildman–Crippen LogP) is 0.115. The first-order valence-corrected chi connectivity index (χ1v) is 4.82. The van der Waals surface area contributed by atoms with Crippen LogP contribution in [0.2, 0.25) is 0 Å². The van der Waals surface area contributed by atoms with E-state index < -0.39 is 0 Å². The molecule has 3 heteroatoms. The average molecular weight is 169 g/mol. The van der Waals surface area contributed by atoms with Crippen molar-refractivity contribution in [2.45, 2.75) is 25.3 Å². The molecule has 1 N–H and O–H groups in total. The van der Waals surface area contributed by atoms with Gasteiger partial charge in [0, 0.05) is 12.8 Å². The molecule has 12 heavy (non-hydrogen) atoms. The summed E-state index contributed by atoms with van der Waals surface area (Å²) in [6.07, 6.45) is 3.29. The standard InChI is InChI=1S/C9H16N2O/c1-11-5-2-3-8(11)7-9(12)10-4-6-11/h8H,2-7H2,1H3/p+1/t8-,11-/m1/s1. The van der Waals surface area contributed by atoms with Crippen molar-refractivity contribution in [3.8, 4) is 0 Å². The SMILES string of the molecule is C[N@+]12CCC[C@@H]1CC(=O)NCC2. The van der Waals surface area contributed by atoms with E-state index in [1.54, 1.807) is 0 Å². The molecule has 2 heterocycles. The van der Waals surface area contributed by atoms with Crippen LogP contribution in [0.5, 0.6) is 0 Å². The fourth-order valence-electron chi connectivity index (χ4n) is 2.54. The highest BCUT2D eigenvalue weighted by Gasteiger charge is 2.40. The van der Waals surface area contributed by atoms with E-state index in [0.29, 0.717) is 6.04 Å². The van der Waals surface area contributed by atoms with Crippen LogP contribution >= 0.6 is 0 Å². The Morgan fingerprint density at radius 3 is 3.17 bits per heavy atom. The van der Waals surface area contributed by atoms with E-state index in [0.717, 1.165) is 24.0 Å². The van der Waals surface area contributed by atoms with Crippen molar-refractivity contribution < 1.29 is 9.28 Å². The molecule has 2 aliphatic heterocycles. The van der Waals surface area contributed by atoms with Gasteiger partial charge in [-0.1, -0.05) is 0 Å². The lowest BCUT2D eigenvalue weighted by molar-refractivity contribution is -0.918. The number of rotatable bonds is 0. The zero-order chi connectivity index (χ0) is 8.60. The molecule has 2 rings (SSSR count). The van der Waals surface area contributed by atoms with Gasteiger partial charge in [-0.3, -0.25) is 4.79 Å². The molecule has 3 nitrogen and oxygen atoms in total. The monoisotopic (exact) mass is 169 g/mol. The number of hydrogen-bond acceptors (Lipinski definition) is 1. The van der Waals surface area contributed by atoms with Crippen molar-refractivity contribution in [1.29, 1.82) is 0 Å². The number of carbonyl (C=O) groups is 1. The quantitative estimate of drug-likeness (QED) is 0.513. The molecule has 0 aliphatic carbocycles. The van der Waals surface area contributed by atoms with Crippen molar-refractivity contribution >= 4 is 5.91 Å². The minimum absolute atomic E-state index is 0.253. The van der Waals surface area contributed by atoms with E-state index >= 15 is 0 Å². The van der Waals surface area contributed by atoms with Crippen LogP contribution in [-0.2, 0) is 4.79 Å². The number of fused-ring (bicyclic) bond motifs is 1. The number of hydrogen-bond donors (Lipinski definition) is 1. The van der Waals surface area contributed by atoms with Gasteiger partial charge < -0.3 is 9.80 Å². The Bertz CT molecular complexity index is 205. The van der Waals surface area contributed by atoms with E-state index in [1.807, 2.05) is 0 Å². The molecule has 0 aromatic heterocycles. The molecule has 68 valence electrons. The first-order valence-electron chi connectivity index (χ1n) is 4.82. The molecule has 0 radical (unpaired) electrons. The first kappa shape index (κ1) is 8.05. The van der Waals surface area contributed by atoms with Crippen LogP contribution in [0.1, 0.15) is 19.3 Å². The maximum Gasteiger partial charge on any atom is 0.226 e. The van der Waals surface area contributed by atoms with E-state index in [4.69, 9.17) is 0 Å². The highest BCUT2D eigenvalue weighted by atomic mass is 16.1. The van der Waals surface area contributed by atoms with Gasteiger partial charge in [0.15, 0.2) is 0 Å². The second-order valence-electron chi connectivity index (χ2n) is 4.28. The summed E-state index contributed by atoms with van der Waals surface area (Å²) in [4.78, 5) is 11.2. The van der Waals surface area contributed by atoms with Crippen LogP contribution < -0.4 is 5.32 Å². The van der Waals surface area contributed by atoms with E-state index in [1.165, 1.54) is 19.4 Å². The third kappa shape index (κ3) is 1.22. The number of nitrogens with one attached hydrogen (secondary N) is 1. The van der Waals surface area contributed by atoms with Crippen molar-refractivity contribution in [1.82, 2.24) is 5.32 Å². The van der Waals surface area contributed by atoms with Gasteiger partial charge in [0.1, 0.15) is 0 Å². The summed E-state index contributed by atoms with van der Waals surface area (Å²) in [5, 5.41) is 2.94. The second kappa shape index (κ2) is 2.73. The van der Waals surface area contributed by atoms with Crippen LogP contribution in [0.25, 0.3) is 0 Å². The minimum atomic E-state index is 0.253. The molecular formula is C9H17N2O+. The zero-order valence-electron chi connectivity index (χ0n) is 7.68. The van der Waals surface area contributed by atoms with Crippen molar-refractivity contribution in [2.24, 2.45) is 0 Å².